The second-order valence-electron chi connectivity index (χ2n) is 3.26. The van der Waals surface area contributed by atoms with Crippen LogP contribution in [0, 0.1) is 0 Å². The molecule has 1 rings (SSSR count). The molecule has 1 heterocycles. The summed E-state index contributed by atoms with van der Waals surface area (Å²) in [7, 11) is 1.55. The van der Waals surface area contributed by atoms with Gasteiger partial charge in [0.25, 0.3) is 0 Å². The quantitative estimate of drug-likeness (QED) is 0.868. The van der Waals surface area contributed by atoms with Gasteiger partial charge in [0.15, 0.2) is 0 Å². The maximum Gasteiger partial charge on any atom is 0.144 e. The normalized spacial score (nSPS) is 11.5. The predicted molar refractivity (Wildman–Crippen MR) is 53.7 cm³/mol. The van der Waals surface area contributed by atoms with Gasteiger partial charge in [-0.3, -0.25) is 4.98 Å². The van der Waals surface area contributed by atoms with Crippen molar-refractivity contribution in [3.8, 4) is 5.75 Å². The van der Waals surface area contributed by atoms with Gasteiger partial charge in [0.1, 0.15) is 5.75 Å². The molecule has 0 aliphatic heterocycles. The summed E-state index contributed by atoms with van der Waals surface area (Å²) in [5, 5.41) is 9.84. The molecule has 0 saturated carbocycles. The minimum atomic E-state index is -0.937. The molecule has 0 aromatic carbocycles. The van der Waals surface area contributed by atoms with Crippen molar-refractivity contribution in [1.29, 1.82) is 0 Å². The SMILES string of the molecule is COc1cncc(Br)c1C(C)(C)O. The van der Waals surface area contributed by atoms with Crippen molar-refractivity contribution in [3.05, 3.63) is 22.4 Å². The van der Waals surface area contributed by atoms with Crippen LogP contribution in [-0.4, -0.2) is 17.2 Å². The van der Waals surface area contributed by atoms with Crippen molar-refractivity contribution >= 4 is 15.9 Å². The van der Waals surface area contributed by atoms with E-state index < -0.39 is 5.60 Å². The summed E-state index contributed by atoms with van der Waals surface area (Å²) in [6.45, 7) is 3.41. The number of hydrogen-bond donors (Lipinski definition) is 1. The third-order valence-electron chi connectivity index (χ3n) is 1.70. The molecule has 0 radical (unpaired) electrons. The summed E-state index contributed by atoms with van der Waals surface area (Å²) in [6.07, 6.45) is 3.22. The van der Waals surface area contributed by atoms with Gasteiger partial charge in [-0.15, -0.1) is 0 Å². The lowest BCUT2D eigenvalue weighted by Crippen LogP contribution is -2.17. The first-order valence-corrected chi connectivity index (χ1v) is 4.66. The van der Waals surface area contributed by atoms with E-state index in [2.05, 4.69) is 20.9 Å². The van der Waals surface area contributed by atoms with Crippen LogP contribution in [0.3, 0.4) is 0 Å². The second-order valence-corrected chi connectivity index (χ2v) is 4.11. The van der Waals surface area contributed by atoms with E-state index in [1.54, 1.807) is 33.4 Å². The topological polar surface area (TPSA) is 42.4 Å². The molecule has 1 aromatic rings. The molecule has 0 amide bonds. The average molecular weight is 246 g/mol. The fraction of sp³-hybridized carbons (Fsp3) is 0.444. The summed E-state index contributed by atoms with van der Waals surface area (Å²) in [4.78, 5) is 3.95. The standard InChI is InChI=1S/C9H12BrNO2/c1-9(2,12)8-6(10)4-11-5-7(8)13-3/h4-5,12H,1-3H3. The van der Waals surface area contributed by atoms with Crippen molar-refractivity contribution in [2.75, 3.05) is 7.11 Å². The number of aromatic nitrogens is 1. The molecule has 3 nitrogen and oxygen atoms in total. The minimum absolute atomic E-state index is 0.585. The van der Waals surface area contributed by atoms with E-state index in [1.807, 2.05) is 0 Å². The molecule has 0 aliphatic rings. The molecule has 1 aromatic heterocycles. The number of ether oxygens (including phenoxy) is 1. The summed E-state index contributed by atoms with van der Waals surface area (Å²) in [5.41, 5.74) is -0.224. The van der Waals surface area contributed by atoms with Gasteiger partial charge in [0, 0.05) is 16.2 Å². The maximum absolute atomic E-state index is 9.84. The van der Waals surface area contributed by atoms with Gasteiger partial charge >= 0.3 is 0 Å². The summed E-state index contributed by atoms with van der Waals surface area (Å²) in [6, 6.07) is 0. The third-order valence-corrected chi connectivity index (χ3v) is 2.30. The highest BCUT2D eigenvalue weighted by Gasteiger charge is 2.23. The molecule has 4 heteroatoms. The van der Waals surface area contributed by atoms with Gasteiger partial charge in [-0.25, -0.2) is 0 Å². The lowest BCUT2D eigenvalue weighted by atomic mass is 9.99. The molecular weight excluding hydrogens is 234 g/mol. The smallest absolute Gasteiger partial charge is 0.144 e. The lowest BCUT2D eigenvalue weighted by molar-refractivity contribution is 0.0747. The summed E-state index contributed by atoms with van der Waals surface area (Å²) < 4.78 is 5.85. The number of hydrogen-bond acceptors (Lipinski definition) is 3. The lowest BCUT2D eigenvalue weighted by Gasteiger charge is -2.21. The Kier molecular flexibility index (Phi) is 2.93. The van der Waals surface area contributed by atoms with Crippen LogP contribution < -0.4 is 4.74 Å². The van der Waals surface area contributed by atoms with Crippen LogP contribution in [0.4, 0.5) is 0 Å². The molecule has 0 saturated heterocycles. The predicted octanol–water partition coefficient (Wildman–Crippen LogP) is 2.08. The van der Waals surface area contributed by atoms with E-state index in [-0.39, 0.29) is 0 Å². The van der Waals surface area contributed by atoms with Gasteiger partial charge in [0.2, 0.25) is 0 Å². The van der Waals surface area contributed by atoms with Gasteiger partial charge in [0.05, 0.1) is 18.9 Å². The third kappa shape index (κ3) is 2.19. The maximum atomic E-state index is 9.84. The zero-order chi connectivity index (χ0) is 10.1. The van der Waals surface area contributed by atoms with E-state index in [0.29, 0.717) is 11.3 Å². The minimum Gasteiger partial charge on any atom is -0.495 e. The largest absolute Gasteiger partial charge is 0.495 e. The van der Waals surface area contributed by atoms with Crippen molar-refractivity contribution in [2.45, 2.75) is 19.4 Å². The van der Waals surface area contributed by atoms with E-state index >= 15 is 0 Å². The first-order chi connectivity index (χ1) is 5.96. The Morgan fingerprint density at radius 2 is 2.08 bits per heavy atom. The Labute approximate surface area is 85.9 Å². The number of nitrogens with zero attached hydrogens (tertiary/aromatic N) is 1. The summed E-state index contributed by atoms with van der Waals surface area (Å²) >= 11 is 3.32. The van der Waals surface area contributed by atoms with Crippen LogP contribution in [0.15, 0.2) is 16.9 Å². The Morgan fingerprint density at radius 3 is 2.46 bits per heavy atom. The highest BCUT2D eigenvalue weighted by Crippen LogP contribution is 2.34. The van der Waals surface area contributed by atoms with Gasteiger partial charge in [-0.1, -0.05) is 0 Å². The molecule has 0 aliphatic carbocycles. The van der Waals surface area contributed by atoms with Crippen LogP contribution in [0.2, 0.25) is 0 Å². The highest BCUT2D eigenvalue weighted by atomic mass is 79.9. The Bertz CT molecular complexity index is 307. The van der Waals surface area contributed by atoms with Gasteiger partial charge in [-0.05, 0) is 29.8 Å². The number of pyridine rings is 1. The van der Waals surface area contributed by atoms with E-state index in [0.717, 1.165) is 4.47 Å². The van der Waals surface area contributed by atoms with Crippen LogP contribution in [0.1, 0.15) is 19.4 Å². The Morgan fingerprint density at radius 1 is 1.46 bits per heavy atom. The molecule has 0 bridgehead atoms. The van der Waals surface area contributed by atoms with Crippen LogP contribution in [0.5, 0.6) is 5.75 Å². The molecule has 0 atom stereocenters. The summed E-state index contributed by atoms with van der Waals surface area (Å²) in [5.74, 6) is 0.585. The fourth-order valence-electron chi connectivity index (χ4n) is 1.17. The van der Waals surface area contributed by atoms with Gasteiger partial charge in [-0.2, -0.15) is 0 Å². The zero-order valence-electron chi connectivity index (χ0n) is 7.84. The molecule has 0 fully saturated rings. The number of halogens is 1. The van der Waals surface area contributed by atoms with E-state index in [9.17, 15) is 5.11 Å². The van der Waals surface area contributed by atoms with E-state index in [1.165, 1.54) is 0 Å². The first-order valence-electron chi connectivity index (χ1n) is 3.87. The van der Waals surface area contributed by atoms with Crippen molar-refractivity contribution < 1.29 is 9.84 Å². The van der Waals surface area contributed by atoms with Crippen LogP contribution in [-0.2, 0) is 5.60 Å². The average Bonchev–Trinajstić information content (AvgIpc) is 2.01. The van der Waals surface area contributed by atoms with Crippen LogP contribution in [0.25, 0.3) is 0 Å². The first kappa shape index (κ1) is 10.5. The Balaban J connectivity index is 3.32. The number of methoxy groups -OCH3 is 1. The molecule has 0 unspecified atom stereocenters. The molecular formula is C9H12BrNO2. The highest BCUT2D eigenvalue weighted by molar-refractivity contribution is 9.10. The van der Waals surface area contributed by atoms with Crippen molar-refractivity contribution in [2.24, 2.45) is 0 Å². The zero-order valence-corrected chi connectivity index (χ0v) is 9.42. The monoisotopic (exact) mass is 245 g/mol. The van der Waals surface area contributed by atoms with E-state index in [4.69, 9.17) is 4.74 Å². The fourth-order valence-corrected chi connectivity index (χ4v) is 1.96. The molecule has 13 heavy (non-hydrogen) atoms. The molecule has 1 N–H and O–H groups in total. The van der Waals surface area contributed by atoms with Crippen molar-refractivity contribution in [3.63, 3.8) is 0 Å². The van der Waals surface area contributed by atoms with Crippen molar-refractivity contribution in [1.82, 2.24) is 4.98 Å². The number of aliphatic hydroxyl groups is 1. The van der Waals surface area contributed by atoms with Crippen LogP contribution >= 0.6 is 15.9 Å². The molecule has 0 spiro atoms. The molecule has 72 valence electrons. The second kappa shape index (κ2) is 3.64. The Hall–Kier alpha value is -0.610. The van der Waals surface area contributed by atoms with Gasteiger partial charge < -0.3 is 9.84 Å². The number of rotatable bonds is 2.